The van der Waals surface area contributed by atoms with Crippen LogP contribution < -0.4 is 5.32 Å². The summed E-state index contributed by atoms with van der Waals surface area (Å²) in [5.41, 5.74) is 0.493. The molecule has 0 aliphatic carbocycles. The molecule has 4 atom stereocenters. The van der Waals surface area contributed by atoms with Crippen molar-refractivity contribution in [2.75, 3.05) is 6.54 Å². The summed E-state index contributed by atoms with van der Waals surface area (Å²) in [5, 5.41) is 2.33. The van der Waals surface area contributed by atoms with E-state index in [1.807, 2.05) is 0 Å². The van der Waals surface area contributed by atoms with E-state index in [9.17, 15) is 13.2 Å². The first kappa shape index (κ1) is 10.5. The van der Waals surface area contributed by atoms with Crippen molar-refractivity contribution in [3.05, 3.63) is 35.9 Å². The van der Waals surface area contributed by atoms with Crippen LogP contribution in [0.2, 0.25) is 0 Å². The molecule has 1 nitrogen and oxygen atoms in total. The Kier molecular flexibility index (Phi) is 2.95. The number of halogens is 3. The summed E-state index contributed by atoms with van der Waals surface area (Å²) < 4.78 is 40.0. The molecule has 1 aromatic carbocycles. The third kappa shape index (κ3) is 2.00. The van der Waals surface area contributed by atoms with Gasteiger partial charge in [-0.1, -0.05) is 30.3 Å². The van der Waals surface area contributed by atoms with Gasteiger partial charge >= 0.3 is 0 Å². The van der Waals surface area contributed by atoms with Gasteiger partial charge in [-0.15, -0.1) is 0 Å². The number of rotatable bonds is 1. The van der Waals surface area contributed by atoms with E-state index in [1.165, 1.54) is 0 Å². The lowest BCUT2D eigenvalue weighted by Crippen LogP contribution is -2.49. The Balaban J connectivity index is 2.25. The molecule has 0 amide bonds. The largest absolute Gasteiger partial charge is 0.284 e. The molecule has 1 aliphatic rings. The smallest absolute Gasteiger partial charge is 0.161 e. The van der Waals surface area contributed by atoms with E-state index in [-0.39, 0.29) is 6.54 Å². The SMILES string of the molecule is FC1CNC(F)C(c2ccccc2)C1F. The first-order valence-corrected chi connectivity index (χ1v) is 4.90. The lowest BCUT2D eigenvalue weighted by Gasteiger charge is -2.32. The average Bonchev–Trinajstić information content (AvgIpc) is 2.26. The van der Waals surface area contributed by atoms with Crippen LogP contribution in [-0.4, -0.2) is 25.2 Å². The zero-order valence-corrected chi connectivity index (χ0v) is 8.04. The number of piperidine rings is 1. The summed E-state index contributed by atoms with van der Waals surface area (Å²) in [4.78, 5) is 0. The molecule has 0 saturated carbocycles. The van der Waals surface area contributed by atoms with Gasteiger partial charge < -0.3 is 0 Å². The van der Waals surface area contributed by atoms with Crippen LogP contribution in [0, 0.1) is 0 Å². The van der Waals surface area contributed by atoms with E-state index in [4.69, 9.17) is 0 Å². The molecule has 0 spiro atoms. The van der Waals surface area contributed by atoms with E-state index in [0.29, 0.717) is 5.56 Å². The Bertz CT molecular complexity index is 317. The molecule has 0 aromatic heterocycles. The van der Waals surface area contributed by atoms with Crippen molar-refractivity contribution in [3.8, 4) is 0 Å². The summed E-state index contributed by atoms with van der Waals surface area (Å²) in [6, 6.07) is 8.37. The van der Waals surface area contributed by atoms with Crippen LogP contribution in [0.5, 0.6) is 0 Å². The number of benzene rings is 1. The van der Waals surface area contributed by atoms with E-state index in [1.54, 1.807) is 30.3 Å². The van der Waals surface area contributed by atoms with Crippen molar-refractivity contribution < 1.29 is 13.2 Å². The normalized spacial score (nSPS) is 36.5. The van der Waals surface area contributed by atoms with Crippen molar-refractivity contribution in [3.63, 3.8) is 0 Å². The quantitative estimate of drug-likeness (QED) is 0.709. The molecule has 4 heteroatoms. The van der Waals surface area contributed by atoms with Crippen LogP contribution in [-0.2, 0) is 0 Å². The average molecular weight is 215 g/mol. The lowest BCUT2D eigenvalue weighted by molar-refractivity contribution is 0.0422. The third-order valence-electron chi connectivity index (χ3n) is 2.70. The fourth-order valence-corrected chi connectivity index (χ4v) is 1.88. The standard InChI is InChI=1S/C11H12F3N/c12-8-6-15-11(14)9(10(8)13)7-4-2-1-3-5-7/h1-5,8-11,15H,6H2. The second-order valence-electron chi connectivity index (χ2n) is 3.71. The highest BCUT2D eigenvalue weighted by Crippen LogP contribution is 2.32. The van der Waals surface area contributed by atoms with Crippen LogP contribution in [0.4, 0.5) is 13.2 Å². The predicted octanol–water partition coefficient (Wildman–Crippen LogP) is 2.35. The minimum Gasteiger partial charge on any atom is -0.284 e. The molecular formula is C11H12F3N. The Labute approximate surface area is 86.3 Å². The zero-order chi connectivity index (χ0) is 10.8. The predicted molar refractivity (Wildman–Crippen MR) is 51.9 cm³/mol. The van der Waals surface area contributed by atoms with Crippen LogP contribution >= 0.6 is 0 Å². The van der Waals surface area contributed by atoms with Crippen LogP contribution in [0.1, 0.15) is 11.5 Å². The van der Waals surface area contributed by atoms with Gasteiger partial charge in [-0.05, 0) is 5.56 Å². The molecule has 1 N–H and O–H groups in total. The second kappa shape index (κ2) is 4.23. The van der Waals surface area contributed by atoms with Crippen molar-refractivity contribution in [2.45, 2.75) is 24.6 Å². The van der Waals surface area contributed by atoms with Gasteiger partial charge in [0, 0.05) is 6.54 Å². The van der Waals surface area contributed by atoms with E-state index < -0.39 is 24.6 Å². The highest BCUT2D eigenvalue weighted by Gasteiger charge is 2.41. The molecule has 1 fully saturated rings. The van der Waals surface area contributed by atoms with Gasteiger partial charge in [-0.2, -0.15) is 0 Å². The fourth-order valence-electron chi connectivity index (χ4n) is 1.88. The molecule has 15 heavy (non-hydrogen) atoms. The van der Waals surface area contributed by atoms with Crippen molar-refractivity contribution in [2.24, 2.45) is 0 Å². The Morgan fingerprint density at radius 3 is 2.40 bits per heavy atom. The maximum absolute atomic E-state index is 13.5. The Morgan fingerprint density at radius 2 is 1.73 bits per heavy atom. The highest BCUT2D eigenvalue weighted by atomic mass is 19.2. The van der Waals surface area contributed by atoms with E-state index in [0.717, 1.165) is 0 Å². The van der Waals surface area contributed by atoms with Gasteiger partial charge in [0.25, 0.3) is 0 Å². The summed E-state index contributed by atoms with van der Waals surface area (Å²) in [6.07, 6.45) is -4.93. The number of hydrogen-bond acceptors (Lipinski definition) is 1. The Hall–Kier alpha value is -1.03. The second-order valence-corrected chi connectivity index (χ2v) is 3.71. The summed E-state index contributed by atoms with van der Waals surface area (Å²) in [7, 11) is 0. The van der Waals surface area contributed by atoms with Crippen molar-refractivity contribution >= 4 is 0 Å². The number of alkyl halides is 3. The van der Waals surface area contributed by atoms with Crippen LogP contribution in [0.15, 0.2) is 30.3 Å². The lowest BCUT2D eigenvalue weighted by atomic mass is 9.88. The zero-order valence-electron chi connectivity index (χ0n) is 8.04. The van der Waals surface area contributed by atoms with E-state index in [2.05, 4.69) is 5.32 Å². The molecular weight excluding hydrogens is 203 g/mol. The van der Waals surface area contributed by atoms with Gasteiger partial charge in [0.15, 0.2) is 6.30 Å². The maximum Gasteiger partial charge on any atom is 0.161 e. The fraction of sp³-hybridized carbons (Fsp3) is 0.455. The molecule has 0 bridgehead atoms. The molecule has 1 aromatic rings. The monoisotopic (exact) mass is 215 g/mol. The van der Waals surface area contributed by atoms with Gasteiger partial charge in [0.05, 0.1) is 5.92 Å². The third-order valence-corrected chi connectivity index (χ3v) is 2.70. The van der Waals surface area contributed by atoms with Gasteiger partial charge in [-0.25, -0.2) is 13.2 Å². The molecule has 1 heterocycles. The maximum atomic E-state index is 13.5. The first-order chi connectivity index (χ1) is 7.20. The summed E-state index contributed by atoms with van der Waals surface area (Å²) in [5.74, 6) is -1.05. The minimum atomic E-state index is -1.77. The van der Waals surface area contributed by atoms with Gasteiger partial charge in [0.1, 0.15) is 12.3 Å². The summed E-state index contributed by atoms with van der Waals surface area (Å²) in [6.45, 7) is -0.258. The highest BCUT2D eigenvalue weighted by molar-refractivity contribution is 5.23. The molecule has 2 rings (SSSR count). The van der Waals surface area contributed by atoms with Crippen LogP contribution in [0.25, 0.3) is 0 Å². The van der Waals surface area contributed by atoms with Crippen molar-refractivity contribution in [1.82, 2.24) is 5.32 Å². The summed E-state index contributed by atoms with van der Waals surface area (Å²) >= 11 is 0. The number of hydrogen-bond donors (Lipinski definition) is 1. The molecule has 82 valence electrons. The topological polar surface area (TPSA) is 12.0 Å². The molecule has 1 saturated heterocycles. The molecule has 0 radical (unpaired) electrons. The number of nitrogens with one attached hydrogen (secondary N) is 1. The van der Waals surface area contributed by atoms with Crippen LogP contribution in [0.3, 0.4) is 0 Å². The minimum absolute atomic E-state index is 0.258. The molecule has 1 aliphatic heterocycles. The molecule has 4 unspecified atom stereocenters. The van der Waals surface area contributed by atoms with E-state index >= 15 is 0 Å². The van der Waals surface area contributed by atoms with Crippen molar-refractivity contribution in [1.29, 1.82) is 0 Å². The Morgan fingerprint density at radius 1 is 1.07 bits per heavy atom. The first-order valence-electron chi connectivity index (χ1n) is 4.90. The van der Waals surface area contributed by atoms with Gasteiger partial charge in [0.2, 0.25) is 0 Å². The van der Waals surface area contributed by atoms with Gasteiger partial charge in [-0.3, -0.25) is 5.32 Å².